The molecule has 8 heteroatoms. The van der Waals surface area contributed by atoms with E-state index in [0.29, 0.717) is 28.6 Å². The van der Waals surface area contributed by atoms with Gasteiger partial charge in [-0.05, 0) is 30.7 Å². The molecule has 0 aliphatic heterocycles. The van der Waals surface area contributed by atoms with Crippen LogP contribution in [0.5, 0.6) is 0 Å². The number of aromatic nitrogens is 5. The standard InChI is InChI=1S/C19H17FN6O/c1-2-16(17-9-22-11-23-17)25-19(27)15-7-21-10-18-14(15)8-24-26(18)13-5-3-12(20)4-6-13/h3-11,16H,2H2,1H3,(H,22,23)(H,25,27). The lowest BCUT2D eigenvalue weighted by Crippen LogP contribution is -2.28. The summed E-state index contributed by atoms with van der Waals surface area (Å²) in [6.45, 7) is 1.98. The van der Waals surface area contributed by atoms with E-state index < -0.39 is 0 Å². The van der Waals surface area contributed by atoms with Crippen molar-refractivity contribution in [1.82, 2.24) is 30.0 Å². The number of aromatic amines is 1. The number of carbonyl (C=O) groups is 1. The zero-order valence-electron chi connectivity index (χ0n) is 14.6. The van der Waals surface area contributed by atoms with Gasteiger partial charge in [0.25, 0.3) is 5.91 Å². The smallest absolute Gasteiger partial charge is 0.254 e. The summed E-state index contributed by atoms with van der Waals surface area (Å²) in [6.07, 6.45) is 8.76. The first-order chi connectivity index (χ1) is 13.2. The van der Waals surface area contributed by atoms with Gasteiger partial charge in [0.05, 0.1) is 53.4 Å². The number of fused-ring (bicyclic) bond motifs is 1. The molecule has 0 saturated carbocycles. The summed E-state index contributed by atoms with van der Waals surface area (Å²) < 4.78 is 14.8. The van der Waals surface area contributed by atoms with E-state index in [4.69, 9.17) is 0 Å². The van der Waals surface area contributed by atoms with E-state index in [1.807, 2.05) is 6.92 Å². The second-order valence-corrected chi connectivity index (χ2v) is 6.09. The molecule has 1 aromatic carbocycles. The van der Waals surface area contributed by atoms with Crippen LogP contribution in [0.2, 0.25) is 0 Å². The van der Waals surface area contributed by atoms with Crippen molar-refractivity contribution in [3.63, 3.8) is 0 Å². The first kappa shape index (κ1) is 16.9. The van der Waals surface area contributed by atoms with Gasteiger partial charge in [-0.3, -0.25) is 9.78 Å². The number of nitrogens with one attached hydrogen (secondary N) is 2. The van der Waals surface area contributed by atoms with Crippen molar-refractivity contribution >= 4 is 16.8 Å². The van der Waals surface area contributed by atoms with Crippen molar-refractivity contribution in [1.29, 1.82) is 0 Å². The van der Waals surface area contributed by atoms with Gasteiger partial charge in [0.2, 0.25) is 0 Å². The van der Waals surface area contributed by atoms with Crippen LogP contribution in [0.4, 0.5) is 4.39 Å². The number of amides is 1. The molecule has 0 aliphatic carbocycles. The van der Waals surface area contributed by atoms with E-state index in [1.165, 1.54) is 18.3 Å². The predicted molar refractivity (Wildman–Crippen MR) is 97.9 cm³/mol. The largest absolute Gasteiger partial charge is 0.347 e. The molecule has 7 nitrogen and oxygen atoms in total. The fourth-order valence-electron chi connectivity index (χ4n) is 3.00. The number of benzene rings is 1. The van der Waals surface area contributed by atoms with Crippen LogP contribution in [-0.4, -0.2) is 30.6 Å². The molecule has 27 heavy (non-hydrogen) atoms. The van der Waals surface area contributed by atoms with E-state index in [9.17, 15) is 9.18 Å². The van der Waals surface area contributed by atoms with Crippen molar-refractivity contribution in [2.24, 2.45) is 0 Å². The number of rotatable bonds is 5. The molecule has 0 spiro atoms. The van der Waals surface area contributed by atoms with Gasteiger partial charge in [0.1, 0.15) is 5.82 Å². The minimum absolute atomic E-state index is 0.178. The molecule has 0 saturated heterocycles. The number of pyridine rings is 1. The van der Waals surface area contributed by atoms with Gasteiger partial charge in [-0.25, -0.2) is 14.1 Å². The van der Waals surface area contributed by atoms with Gasteiger partial charge in [0.15, 0.2) is 0 Å². The maximum Gasteiger partial charge on any atom is 0.254 e. The second-order valence-electron chi connectivity index (χ2n) is 6.09. The number of carbonyl (C=O) groups excluding carboxylic acids is 1. The topological polar surface area (TPSA) is 88.5 Å². The van der Waals surface area contributed by atoms with E-state index in [0.717, 1.165) is 5.69 Å². The molecular weight excluding hydrogens is 347 g/mol. The lowest BCUT2D eigenvalue weighted by atomic mass is 10.1. The molecule has 1 unspecified atom stereocenters. The van der Waals surface area contributed by atoms with Gasteiger partial charge in [0, 0.05) is 11.6 Å². The van der Waals surface area contributed by atoms with Crippen LogP contribution in [-0.2, 0) is 0 Å². The van der Waals surface area contributed by atoms with Crippen LogP contribution in [0.15, 0.2) is 55.4 Å². The van der Waals surface area contributed by atoms with Crippen LogP contribution in [0.1, 0.15) is 35.4 Å². The highest BCUT2D eigenvalue weighted by atomic mass is 19.1. The van der Waals surface area contributed by atoms with Crippen LogP contribution in [0, 0.1) is 5.82 Å². The number of nitrogens with zero attached hydrogens (tertiary/aromatic N) is 4. The predicted octanol–water partition coefficient (Wildman–Crippen LogP) is 3.16. The van der Waals surface area contributed by atoms with Gasteiger partial charge in [-0.2, -0.15) is 5.10 Å². The Bertz CT molecular complexity index is 1070. The van der Waals surface area contributed by atoms with Gasteiger partial charge in [-0.15, -0.1) is 0 Å². The summed E-state index contributed by atoms with van der Waals surface area (Å²) in [5.74, 6) is -0.564. The minimum atomic E-state index is -0.321. The van der Waals surface area contributed by atoms with Crippen molar-refractivity contribution in [2.45, 2.75) is 19.4 Å². The monoisotopic (exact) mass is 364 g/mol. The molecule has 2 N–H and O–H groups in total. The molecule has 0 fully saturated rings. The average Bonchev–Trinajstić information content (AvgIpc) is 3.36. The number of imidazole rings is 1. The Morgan fingerprint density at radius 3 is 2.70 bits per heavy atom. The number of halogens is 1. The zero-order chi connectivity index (χ0) is 18.8. The first-order valence-corrected chi connectivity index (χ1v) is 8.54. The molecular formula is C19H17FN6O. The lowest BCUT2D eigenvalue weighted by molar-refractivity contribution is 0.0936. The Morgan fingerprint density at radius 1 is 1.19 bits per heavy atom. The van der Waals surface area contributed by atoms with E-state index in [1.54, 1.807) is 41.7 Å². The molecule has 0 bridgehead atoms. The lowest BCUT2D eigenvalue weighted by Gasteiger charge is -2.15. The summed E-state index contributed by atoms with van der Waals surface area (Å²) >= 11 is 0. The maximum absolute atomic E-state index is 13.2. The number of hydrogen-bond donors (Lipinski definition) is 2. The molecule has 1 atom stereocenters. The van der Waals surface area contributed by atoms with Crippen molar-refractivity contribution in [2.75, 3.05) is 0 Å². The highest BCUT2D eigenvalue weighted by Crippen LogP contribution is 2.22. The third kappa shape index (κ3) is 3.17. The van der Waals surface area contributed by atoms with Gasteiger partial charge in [-0.1, -0.05) is 6.92 Å². The molecule has 1 amide bonds. The first-order valence-electron chi connectivity index (χ1n) is 8.54. The van der Waals surface area contributed by atoms with Crippen molar-refractivity contribution in [3.8, 4) is 5.69 Å². The third-order valence-corrected chi connectivity index (χ3v) is 4.42. The molecule has 4 rings (SSSR count). The molecule has 3 aromatic heterocycles. The summed E-state index contributed by atoms with van der Waals surface area (Å²) in [5, 5.41) is 8.02. The Morgan fingerprint density at radius 2 is 2.00 bits per heavy atom. The van der Waals surface area contributed by atoms with Crippen LogP contribution >= 0.6 is 0 Å². The van der Waals surface area contributed by atoms with Crippen LogP contribution in [0.25, 0.3) is 16.6 Å². The molecule has 3 heterocycles. The van der Waals surface area contributed by atoms with Crippen molar-refractivity contribution < 1.29 is 9.18 Å². The van der Waals surface area contributed by atoms with E-state index in [-0.39, 0.29) is 17.8 Å². The summed E-state index contributed by atoms with van der Waals surface area (Å²) in [6, 6.07) is 5.80. The Labute approximate surface area is 154 Å². The molecule has 136 valence electrons. The average molecular weight is 364 g/mol. The summed E-state index contributed by atoms with van der Waals surface area (Å²) in [5.41, 5.74) is 2.63. The van der Waals surface area contributed by atoms with Crippen molar-refractivity contribution in [3.05, 3.63) is 72.5 Å². The Kier molecular flexibility index (Phi) is 4.37. The summed E-state index contributed by atoms with van der Waals surface area (Å²) in [7, 11) is 0. The molecule has 0 radical (unpaired) electrons. The fourth-order valence-corrected chi connectivity index (χ4v) is 3.00. The fraction of sp³-hybridized carbons (Fsp3) is 0.158. The normalized spacial score (nSPS) is 12.2. The highest BCUT2D eigenvalue weighted by molar-refractivity contribution is 6.06. The summed E-state index contributed by atoms with van der Waals surface area (Å²) in [4.78, 5) is 24.1. The Balaban J connectivity index is 1.68. The van der Waals surface area contributed by atoms with Crippen LogP contribution in [0.3, 0.4) is 0 Å². The minimum Gasteiger partial charge on any atom is -0.347 e. The van der Waals surface area contributed by atoms with Gasteiger partial charge >= 0.3 is 0 Å². The maximum atomic E-state index is 13.2. The van der Waals surface area contributed by atoms with E-state index >= 15 is 0 Å². The number of H-pyrrole nitrogens is 1. The van der Waals surface area contributed by atoms with Crippen LogP contribution < -0.4 is 5.32 Å². The SMILES string of the molecule is CCC(NC(=O)c1cncc2c1cnn2-c1ccc(F)cc1)c1cnc[nH]1. The molecule has 4 aromatic rings. The zero-order valence-corrected chi connectivity index (χ0v) is 14.6. The second kappa shape index (κ2) is 6.99. The highest BCUT2D eigenvalue weighted by Gasteiger charge is 2.19. The third-order valence-electron chi connectivity index (χ3n) is 4.42. The molecule has 0 aliphatic rings. The van der Waals surface area contributed by atoms with E-state index in [2.05, 4.69) is 25.4 Å². The number of hydrogen-bond acceptors (Lipinski definition) is 4. The Hall–Kier alpha value is -3.55. The van der Waals surface area contributed by atoms with Gasteiger partial charge < -0.3 is 10.3 Å². The quantitative estimate of drug-likeness (QED) is 0.569.